The lowest BCUT2D eigenvalue weighted by molar-refractivity contribution is 0.626. The minimum Gasteiger partial charge on any atom is -0.299 e. The first-order valence-electron chi connectivity index (χ1n) is 12.3. The van der Waals surface area contributed by atoms with Crippen LogP contribution in [0.1, 0.15) is 36.6 Å². The van der Waals surface area contributed by atoms with Crippen molar-refractivity contribution in [3.63, 3.8) is 0 Å². The van der Waals surface area contributed by atoms with E-state index in [4.69, 9.17) is 0 Å². The number of aromatic nitrogens is 7. The lowest BCUT2D eigenvalue weighted by Gasteiger charge is -2.09. The molecule has 0 aliphatic carbocycles. The predicted octanol–water partition coefficient (Wildman–Crippen LogP) is 4.53. The number of H-pyrrole nitrogens is 1. The molecule has 0 saturated heterocycles. The molecule has 0 atom stereocenters. The van der Waals surface area contributed by atoms with Crippen LogP contribution in [0.3, 0.4) is 0 Å². The van der Waals surface area contributed by atoms with Gasteiger partial charge in [0.15, 0.2) is 5.82 Å². The third-order valence-corrected chi connectivity index (χ3v) is 6.38. The minimum atomic E-state index is 0.0472. The van der Waals surface area contributed by atoms with Gasteiger partial charge >= 0.3 is 5.69 Å². The summed E-state index contributed by atoms with van der Waals surface area (Å²) in [7, 11) is 0. The highest BCUT2D eigenvalue weighted by Gasteiger charge is 2.14. The van der Waals surface area contributed by atoms with Crippen molar-refractivity contribution in [3.05, 3.63) is 106 Å². The first-order valence-corrected chi connectivity index (χ1v) is 12.3. The molecule has 0 bridgehead atoms. The number of aromatic amines is 1. The molecule has 0 radical (unpaired) electrons. The summed E-state index contributed by atoms with van der Waals surface area (Å²) in [4.78, 5) is 17.9. The molecule has 36 heavy (non-hydrogen) atoms. The molecule has 8 heteroatoms. The summed E-state index contributed by atoms with van der Waals surface area (Å²) in [6.45, 7) is 3.39. The number of nitrogens with zero attached hydrogens (tertiary/aromatic N) is 6. The van der Waals surface area contributed by atoms with Crippen LogP contribution in [0.2, 0.25) is 0 Å². The molecule has 8 nitrogen and oxygen atoms in total. The van der Waals surface area contributed by atoms with E-state index in [-0.39, 0.29) is 5.69 Å². The van der Waals surface area contributed by atoms with Gasteiger partial charge in [0, 0.05) is 35.8 Å². The van der Waals surface area contributed by atoms with Crippen LogP contribution in [-0.4, -0.2) is 34.7 Å². The van der Waals surface area contributed by atoms with E-state index in [0.717, 1.165) is 53.8 Å². The Bertz CT molecular complexity index is 1450. The average molecular weight is 480 g/mol. The first kappa shape index (κ1) is 23.4. The van der Waals surface area contributed by atoms with Crippen LogP contribution in [0.25, 0.3) is 22.6 Å². The second kappa shape index (κ2) is 10.9. The van der Waals surface area contributed by atoms with Crippen molar-refractivity contribution in [1.29, 1.82) is 0 Å². The molecule has 1 N–H and O–H groups in total. The summed E-state index contributed by atoms with van der Waals surface area (Å²) in [6, 6.07) is 22.3. The number of hydrogen-bond acceptors (Lipinski definition) is 5. The minimum absolute atomic E-state index is 0.0472. The maximum Gasteiger partial charge on any atom is 0.328 e. The highest BCUT2D eigenvalue weighted by Crippen LogP contribution is 2.27. The molecular formula is C28H29N7O. The Kier molecular flexibility index (Phi) is 7.12. The number of hydrogen-bond donors (Lipinski definition) is 1. The van der Waals surface area contributed by atoms with E-state index in [0.29, 0.717) is 18.9 Å². The first-order chi connectivity index (χ1) is 17.7. The number of benzene rings is 2. The SMILES string of the molecule is CCCCc1cn(CCc2ccccc2)c(=O)n1Cc1ccc(-c2ncccc2-c2nnn[nH]2)cc1. The molecule has 5 rings (SSSR count). The van der Waals surface area contributed by atoms with Gasteiger partial charge in [-0.15, -0.1) is 5.10 Å². The molecule has 0 unspecified atom stereocenters. The summed E-state index contributed by atoms with van der Waals surface area (Å²) < 4.78 is 3.78. The maximum absolute atomic E-state index is 13.3. The Morgan fingerprint density at radius 2 is 1.75 bits per heavy atom. The van der Waals surface area contributed by atoms with Crippen LogP contribution in [0.15, 0.2) is 83.9 Å². The fourth-order valence-electron chi connectivity index (χ4n) is 4.41. The maximum atomic E-state index is 13.3. The van der Waals surface area contributed by atoms with Crippen LogP contribution >= 0.6 is 0 Å². The summed E-state index contributed by atoms with van der Waals surface area (Å²) in [5, 5.41) is 14.2. The largest absolute Gasteiger partial charge is 0.328 e. The van der Waals surface area contributed by atoms with Crippen molar-refractivity contribution in [3.8, 4) is 22.6 Å². The smallest absolute Gasteiger partial charge is 0.299 e. The standard InChI is InChI=1S/C28H29N7O/c1-2-3-10-24-20-34(18-16-21-8-5-4-6-9-21)28(36)35(24)19-22-12-14-23(15-13-22)26-25(11-7-17-29-26)27-30-32-33-31-27/h4-9,11-15,17,20H,2-3,10,16,18-19H2,1H3,(H,30,31,32,33). The number of aryl methyl sites for hydroxylation is 3. The van der Waals surface area contributed by atoms with Crippen molar-refractivity contribution in [2.45, 2.75) is 45.7 Å². The zero-order valence-corrected chi connectivity index (χ0v) is 20.3. The van der Waals surface area contributed by atoms with E-state index in [1.807, 2.05) is 57.8 Å². The number of unbranched alkanes of at least 4 members (excludes halogenated alkanes) is 1. The Morgan fingerprint density at radius 1 is 0.917 bits per heavy atom. The average Bonchev–Trinajstić information content (AvgIpc) is 3.56. The number of imidazole rings is 1. The van der Waals surface area contributed by atoms with Crippen LogP contribution in [0.4, 0.5) is 0 Å². The van der Waals surface area contributed by atoms with Gasteiger partial charge in [0.2, 0.25) is 0 Å². The second-order valence-electron chi connectivity index (χ2n) is 8.87. The van der Waals surface area contributed by atoms with Gasteiger partial charge in [0.25, 0.3) is 0 Å². The van der Waals surface area contributed by atoms with E-state index in [2.05, 4.69) is 56.8 Å². The molecule has 3 aromatic heterocycles. The van der Waals surface area contributed by atoms with Crippen LogP contribution in [-0.2, 0) is 25.9 Å². The molecule has 182 valence electrons. The van der Waals surface area contributed by atoms with E-state index < -0.39 is 0 Å². The van der Waals surface area contributed by atoms with Gasteiger partial charge in [0.1, 0.15) is 0 Å². The van der Waals surface area contributed by atoms with Gasteiger partial charge in [-0.3, -0.25) is 14.1 Å². The van der Waals surface area contributed by atoms with Crippen molar-refractivity contribution in [2.24, 2.45) is 0 Å². The quantitative estimate of drug-likeness (QED) is 0.318. The van der Waals surface area contributed by atoms with Gasteiger partial charge in [0.05, 0.1) is 12.2 Å². The van der Waals surface area contributed by atoms with E-state index >= 15 is 0 Å². The fourth-order valence-corrected chi connectivity index (χ4v) is 4.41. The third-order valence-electron chi connectivity index (χ3n) is 6.38. The van der Waals surface area contributed by atoms with E-state index in [9.17, 15) is 4.79 Å². The van der Waals surface area contributed by atoms with Crippen molar-refractivity contribution >= 4 is 0 Å². The summed E-state index contributed by atoms with van der Waals surface area (Å²) in [5.41, 5.74) is 6.04. The van der Waals surface area contributed by atoms with E-state index in [1.165, 1.54) is 5.56 Å². The van der Waals surface area contributed by atoms with Gasteiger partial charge in [-0.25, -0.2) is 9.89 Å². The van der Waals surface area contributed by atoms with Gasteiger partial charge in [-0.2, -0.15) is 0 Å². The number of nitrogens with one attached hydrogen (secondary N) is 1. The Labute approximate surface area is 209 Å². The monoisotopic (exact) mass is 479 g/mol. The van der Waals surface area contributed by atoms with E-state index in [1.54, 1.807) is 6.20 Å². The molecule has 2 aromatic carbocycles. The molecule has 5 aromatic rings. The Morgan fingerprint density at radius 3 is 2.50 bits per heavy atom. The molecule has 0 fully saturated rings. The Balaban J connectivity index is 1.38. The Hall–Kier alpha value is -4.33. The lowest BCUT2D eigenvalue weighted by atomic mass is 10.0. The fraction of sp³-hybridized carbons (Fsp3) is 0.250. The number of pyridine rings is 1. The van der Waals surface area contributed by atoms with Crippen molar-refractivity contribution < 1.29 is 0 Å². The zero-order valence-electron chi connectivity index (χ0n) is 20.3. The van der Waals surface area contributed by atoms with Crippen molar-refractivity contribution in [1.82, 2.24) is 34.7 Å². The normalized spacial score (nSPS) is 11.1. The highest BCUT2D eigenvalue weighted by molar-refractivity contribution is 5.76. The molecule has 3 heterocycles. The third kappa shape index (κ3) is 5.17. The van der Waals surface area contributed by atoms with Crippen LogP contribution in [0.5, 0.6) is 0 Å². The summed E-state index contributed by atoms with van der Waals surface area (Å²) in [5.74, 6) is 0.575. The number of tetrazole rings is 1. The van der Waals surface area contributed by atoms with Crippen LogP contribution < -0.4 is 5.69 Å². The van der Waals surface area contributed by atoms with Crippen LogP contribution in [0, 0.1) is 0 Å². The zero-order chi connectivity index (χ0) is 24.7. The predicted molar refractivity (Wildman–Crippen MR) is 139 cm³/mol. The van der Waals surface area contributed by atoms with Gasteiger partial charge in [-0.05, 0) is 52.9 Å². The molecule has 0 aliphatic rings. The molecule has 0 spiro atoms. The molecule has 0 aliphatic heterocycles. The van der Waals surface area contributed by atoms with Gasteiger partial charge in [-0.1, -0.05) is 67.9 Å². The molecular weight excluding hydrogens is 450 g/mol. The van der Waals surface area contributed by atoms with Crippen molar-refractivity contribution in [2.75, 3.05) is 0 Å². The lowest BCUT2D eigenvalue weighted by Crippen LogP contribution is -2.26. The number of rotatable bonds is 10. The van der Waals surface area contributed by atoms with Gasteiger partial charge < -0.3 is 0 Å². The summed E-state index contributed by atoms with van der Waals surface area (Å²) in [6.07, 6.45) is 7.67. The summed E-state index contributed by atoms with van der Waals surface area (Å²) >= 11 is 0. The second-order valence-corrected chi connectivity index (χ2v) is 8.87. The molecule has 0 amide bonds. The highest BCUT2D eigenvalue weighted by atomic mass is 16.1. The molecule has 0 saturated carbocycles. The topological polar surface area (TPSA) is 94.3 Å².